The Labute approximate surface area is 230 Å². The molecule has 0 saturated heterocycles. The van der Waals surface area contributed by atoms with Gasteiger partial charge >= 0.3 is 11.9 Å². The molecular weight excluding hydrogens is 504 g/mol. The summed E-state index contributed by atoms with van der Waals surface area (Å²) in [5.74, 6) is -2.45. The molecule has 6 rings (SSSR count). The fraction of sp³-hybridized carbons (Fsp3) is 0.0588. The number of hydrogen-bond donors (Lipinski definition) is 0. The third-order valence-electron chi connectivity index (χ3n) is 6.96. The van der Waals surface area contributed by atoms with E-state index in [0.29, 0.717) is 17.5 Å². The molecule has 0 saturated carbocycles. The van der Waals surface area contributed by atoms with Gasteiger partial charge in [0, 0.05) is 22.3 Å². The smallest absolute Gasteiger partial charge is 0.343 e. The Morgan fingerprint density at radius 2 is 1.00 bits per heavy atom. The highest BCUT2D eigenvalue weighted by atomic mass is 16.5. The number of allylic oxidation sites excluding steroid dienone is 2. The molecule has 0 bridgehead atoms. The molecule has 6 nitrogen and oxygen atoms in total. The lowest BCUT2D eigenvalue weighted by atomic mass is 9.76. The number of carbonyl (C=O) groups excluding carboxylic acids is 4. The molecule has 4 aromatic carbocycles. The van der Waals surface area contributed by atoms with Gasteiger partial charge in [0.15, 0.2) is 23.1 Å². The fourth-order valence-electron chi connectivity index (χ4n) is 4.94. The first kappa shape index (κ1) is 24.9. The van der Waals surface area contributed by atoms with Gasteiger partial charge in [-0.15, -0.1) is 0 Å². The summed E-state index contributed by atoms with van der Waals surface area (Å²) in [5.41, 5.74) is 2.37. The van der Waals surface area contributed by atoms with Crippen LogP contribution in [0, 0.1) is 0 Å². The molecule has 194 valence electrons. The Balaban J connectivity index is 1.62. The van der Waals surface area contributed by atoms with Crippen molar-refractivity contribution < 1.29 is 28.7 Å². The number of ether oxygens (including phenoxy) is 2. The molecule has 0 spiro atoms. The van der Waals surface area contributed by atoms with Crippen molar-refractivity contribution in [1.82, 2.24) is 0 Å². The van der Waals surface area contributed by atoms with Crippen molar-refractivity contribution in [2.75, 3.05) is 0 Å². The van der Waals surface area contributed by atoms with Crippen LogP contribution in [0.25, 0.3) is 11.5 Å². The minimum absolute atomic E-state index is 0.0403. The van der Waals surface area contributed by atoms with Crippen molar-refractivity contribution in [2.45, 2.75) is 13.3 Å². The molecule has 0 atom stereocenters. The average Bonchev–Trinajstić information content (AvgIpc) is 3.01. The molecule has 0 radical (unpaired) electrons. The summed E-state index contributed by atoms with van der Waals surface area (Å²) >= 11 is 0. The van der Waals surface area contributed by atoms with Gasteiger partial charge in [-0.3, -0.25) is 9.59 Å². The number of fused-ring (bicyclic) bond motifs is 3. The van der Waals surface area contributed by atoms with Crippen molar-refractivity contribution >= 4 is 35.0 Å². The van der Waals surface area contributed by atoms with Gasteiger partial charge in [0.2, 0.25) is 0 Å². The Bertz CT molecular complexity index is 1780. The molecular formula is C34H22O6. The quantitative estimate of drug-likeness (QED) is 0.277. The molecule has 0 heterocycles. The maximum atomic E-state index is 14.1. The van der Waals surface area contributed by atoms with Crippen LogP contribution < -0.4 is 0 Å². The van der Waals surface area contributed by atoms with Gasteiger partial charge in [-0.1, -0.05) is 79.7 Å². The van der Waals surface area contributed by atoms with Crippen LogP contribution in [-0.2, 0) is 15.9 Å². The van der Waals surface area contributed by atoms with Crippen LogP contribution in [0.1, 0.15) is 65.0 Å². The lowest BCUT2D eigenvalue weighted by Gasteiger charge is -2.29. The number of hydrogen-bond acceptors (Lipinski definition) is 6. The summed E-state index contributed by atoms with van der Waals surface area (Å²) in [6.07, 6.45) is 0.663. The summed E-state index contributed by atoms with van der Waals surface area (Å²) in [4.78, 5) is 54.6. The minimum Gasteiger partial charge on any atom is -0.421 e. The highest BCUT2D eigenvalue weighted by molar-refractivity contribution is 6.34. The molecule has 4 aromatic rings. The standard InChI is InChI=1S/C34H22O6/c1-2-20-17-18-24-26(19-20)32(40-34(38)22-13-7-4-8-14-22)28-27(30(24)36)31(25-16-10-9-15-23(25)29(28)35)39-33(37)21-11-5-3-6-12-21/h3-19H,2H2,1H3. The van der Waals surface area contributed by atoms with Crippen molar-refractivity contribution in [3.8, 4) is 0 Å². The van der Waals surface area contributed by atoms with E-state index in [-0.39, 0.29) is 44.9 Å². The number of aryl methyl sites for hydroxylation is 1. The first-order valence-electron chi connectivity index (χ1n) is 12.8. The highest BCUT2D eigenvalue weighted by Gasteiger charge is 2.43. The molecule has 0 aliphatic heterocycles. The van der Waals surface area contributed by atoms with E-state index in [1.807, 2.05) is 13.0 Å². The Morgan fingerprint density at radius 3 is 1.52 bits per heavy atom. The van der Waals surface area contributed by atoms with E-state index in [0.717, 1.165) is 5.56 Å². The number of esters is 2. The lowest BCUT2D eigenvalue weighted by molar-refractivity contribution is 0.0671. The van der Waals surface area contributed by atoms with Crippen LogP contribution in [0.4, 0.5) is 0 Å². The third-order valence-corrected chi connectivity index (χ3v) is 6.96. The molecule has 2 aliphatic rings. The summed E-state index contributed by atoms with van der Waals surface area (Å²) in [7, 11) is 0. The van der Waals surface area contributed by atoms with Crippen LogP contribution >= 0.6 is 0 Å². The highest BCUT2D eigenvalue weighted by Crippen LogP contribution is 2.45. The van der Waals surface area contributed by atoms with E-state index in [1.54, 1.807) is 97.1 Å². The summed E-state index contributed by atoms with van der Waals surface area (Å²) in [6.45, 7) is 1.96. The van der Waals surface area contributed by atoms with Gasteiger partial charge in [0.05, 0.1) is 22.3 Å². The summed E-state index contributed by atoms with van der Waals surface area (Å²) in [5, 5.41) is 0. The minimum atomic E-state index is -0.686. The van der Waals surface area contributed by atoms with Gasteiger partial charge < -0.3 is 9.47 Å². The summed E-state index contributed by atoms with van der Waals surface area (Å²) < 4.78 is 11.8. The zero-order valence-corrected chi connectivity index (χ0v) is 21.5. The molecule has 6 heteroatoms. The second kappa shape index (κ2) is 10.1. The topological polar surface area (TPSA) is 86.7 Å². The fourth-order valence-corrected chi connectivity index (χ4v) is 4.94. The van der Waals surface area contributed by atoms with Gasteiger partial charge in [0.25, 0.3) is 0 Å². The Kier molecular flexibility index (Phi) is 6.28. The van der Waals surface area contributed by atoms with Crippen molar-refractivity contribution in [1.29, 1.82) is 0 Å². The first-order valence-corrected chi connectivity index (χ1v) is 12.8. The number of rotatable bonds is 5. The van der Waals surface area contributed by atoms with Crippen molar-refractivity contribution in [3.63, 3.8) is 0 Å². The zero-order valence-electron chi connectivity index (χ0n) is 21.5. The predicted molar refractivity (Wildman–Crippen MR) is 148 cm³/mol. The summed E-state index contributed by atoms with van der Waals surface area (Å²) in [6, 6.07) is 28.6. The van der Waals surface area contributed by atoms with Crippen LogP contribution in [-0.4, -0.2) is 23.5 Å². The van der Waals surface area contributed by atoms with Gasteiger partial charge in [-0.25, -0.2) is 9.59 Å². The number of Topliss-reactive ketones (excluding diaryl/α,β-unsaturated/α-hetero) is 2. The van der Waals surface area contributed by atoms with Crippen LogP contribution in [0.3, 0.4) is 0 Å². The maximum Gasteiger partial charge on any atom is 0.343 e. The monoisotopic (exact) mass is 526 g/mol. The zero-order chi connectivity index (χ0) is 27.8. The molecule has 0 unspecified atom stereocenters. The average molecular weight is 527 g/mol. The Hall–Kier alpha value is -5.36. The molecule has 2 aliphatic carbocycles. The molecule has 0 aromatic heterocycles. The van der Waals surface area contributed by atoms with Gasteiger partial charge in [-0.05, 0) is 42.3 Å². The Morgan fingerprint density at radius 1 is 0.550 bits per heavy atom. The van der Waals surface area contributed by atoms with E-state index in [1.165, 1.54) is 0 Å². The van der Waals surface area contributed by atoms with Crippen LogP contribution in [0.15, 0.2) is 114 Å². The van der Waals surface area contributed by atoms with E-state index >= 15 is 0 Å². The normalized spacial score (nSPS) is 13.8. The van der Waals surface area contributed by atoms with Crippen LogP contribution in [0.5, 0.6) is 0 Å². The van der Waals surface area contributed by atoms with Crippen molar-refractivity contribution in [2.24, 2.45) is 0 Å². The number of carbonyl (C=O) groups is 4. The van der Waals surface area contributed by atoms with Gasteiger partial charge in [0.1, 0.15) is 0 Å². The van der Waals surface area contributed by atoms with Gasteiger partial charge in [-0.2, -0.15) is 0 Å². The van der Waals surface area contributed by atoms with Crippen molar-refractivity contribution in [3.05, 3.63) is 153 Å². The second-order valence-corrected chi connectivity index (χ2v) is 9.36. The molecule has 0 fully saturated rings. The van der Waals surface area contributed by atoms with E-state index in [4.69, 9.17) is 9.47 Å². The predicted octanol–water partition coefficient (Wildman–Crippen LogP) is 6.48. The SMILES string of the molecule is CCc1ccc2c(c1)C(OC(=O)c1ccccc1)=C1C(=O)c3ccccc3C(OC(=O)c3ccccc3)=C1C2=O. The first-order chi connectivity index (χ1) is 19.5. The van der Waals surface area contributed by atoms with E-state index < -0.39 is 23.5 Å². The van der Waals surface area contributed by atoms with Crippen LogP contribution in [0.2, 0.25) is 0 Å². The largest absolute Gasteiger partial charge is 0.421 e. The number of benzene rings is 4. The molecule has 40 heavy (non-hydrogen) atoms. The molecule has 0 amide bonds. The third kappa shape index (κ3) is 4.16. The second-order valence-electron chi connectivity index (χ2n) is 9.36. The molecule has 0 N–H and O–H groups in total. The van der Waals surface area contributed by atoms with E-state index in [2.05, 4.69) is 0 Å². The number of ketones is 2. The van der Waals surface area contributed by atoms with E-state index in [9.17, 15) is 19.2 Å². The lowest BCUT2D eigenvalue weighted by Crippen LogP contribution is -2.29. The maximum absolute atomic E-state index is 14.1.